The van der Waals surface area contributed by atoms with Crippen LogP contribution in [0.15, 0.2) is 158 Å². The van der Waals surface area contributed by atoms with E-state index in [2.05, 4.69) is 167 Å². The van der Waals surface area contributed by atoms with Gasteiger partial charge in [0.15, 0.2) is 0 Å². The summed E-state index contributed by atoms with van der Waals surface area (Å²) in [6.45, 7) is 0. The molecule has 0 atom stereocenters. The number of rotatable bonds is 4. The fraction of sp³-hybridized carbons (Fsp3) is 0. The molecule has 202 valence electrons. The van der Waals surface area contributed by atoms with Gasteiger partial charge in [-0.2, -0.15) is 0 Å². The van der Waals surface area contributed by atoms with Crippen molar-refractivity contribution in [3.8, 4) is 5.69 Å². The standard InChI is InChI=1S/C40H26N2S/c1-2-12-29(13-3-1)42-37-16-8-6-14-33(37)34-22-20-32(26-38(34)42)41(30-19-18-27-10-4-5-11-28(27)24-30)31-21-23-40-36(25-31)35-15-7-9-17-39(35)43-40/h1-26H. The smallest absolute Gasteiger partial charge is 0.0561 e. The Morgan fingerprint density at radius 2 is 1.02 bits per heavy atom. The van der Waals surface area contributed by atoms with Crippen molar-refractivity contribution in [2.24, 2.45) is 0 Å². The van der Waals surface area contributed by atoms with Crippen LogP contribution >= 0.6 is 11.3 Å². The van der Waals surface area contributed by atoms with Crippen LogP contribution in [-0.4, -0.2) is 4.57 Å². The second-order valence-corrected chi connectivity index (χ2v) is 12.1. The fourth-order valence-corrected chi connectivity index (χ4v) is 7.66. The molecule has 0 saturated carbocycles. The lowest BCUT2D eigenvalue weighted by molar-refractivity contribution is 1.18. The Morgan fingerprint density at radius 3 is 1.93 bits per heavy atom. The summed E-state index contributed by atoms with van der Waals surface area (Å²) in [5, 5.41) is 7.58. The molecule has 0 unspecified atom stereocenters. The zero-order chi connectivity index (χ0) is 28.3. The lowest BCUT2D eigenvalue weighted by atomic mass is 10.1. The van der Waals surface area contributed by atoms with Crippen LogP contribution in [0.5, 0.6) is 0 Å². The van der Waals surface area contributed by atoms with Gasteiger partial charge in [-0.05, 0) is 77.5 Å². The number of nitrogens with zero attached hydrogens (tertiary/aromatic N) is 2. The van der Waals surface area contributed by atoms with Crippen molar-refractivity contribution in [3.63, 3.8) is 0 Å². The third-order valence-electron chi connectivity index (χ3n) is 8.54. The number of hydrogen-bond acceptors (Lipinski definition) is 2. The molecule has 2 aromatic heterocycles. The summed E-state index contributed by atoms with van der Waals surface area (Å²) in [7, 11) is 0. The molecule has 0 fully saturated rings. The molecule has 2 heterocycles. The van der Waals surface area contributed by atoms with Crippen LogP contribution in [0.3, 0.4) is 0 Å². The number of thiophene rings is 1. The van der Waals surface area contributed by atoms with Gasteiger partial charge in [-0.3, -0.25) is 0 Å². The minimum absolute atomic E-state index is 1.13. The maximum Gasteiger partial charge on any atom is 0.0561 e. The molecule has 0 radical (unpaired) electrons. The van der Waals surface area contributed by atoms with E-state index < -0.39 is 0 Å². The molecular weight excluding hydrogens is 541 g/mol. The van der Waals surface area contributed by atoms with E-state index in [1.165, 1.54) is 52.8 Å². The van der Waals surface area contributed by atoms with Gasteiger partial charge in [0.2, 0.25) is 0 Å². The Hall–Kier alpha value is -5.38. The molecule has 0 aliphatic carbocycles. The van der Waals surface area contributed by atoms with E-state index >= 15 is 0 Å². The van der Waals surface area contributed by atoms with E-state index in [1.54, 1.807) is 0 Å². The molecule has 0 saturated heterocycles. The first-order valence-corrected chi connectivity index (χ1v) is 15.4. The fourth-order valence-electron chi connectivity index (χ4n) is 6.57. The zero-order valence-electron chi connectivity index (χ0n) is 23.3. The maximum atomic E-state index is 2.41. The minimum Gasteiger partial charge on any atom is -0.310 e. The van der Waals surface area contributed by atoms with E-state index in [9.17, 15) is 0 Å². The average molecular weight is 567 g/mol. The summed E-state index contributed by atoms with van der Waals surface area (Å²) < 4.78 is 5.02. The molecule has 7 aromatic carbocycles. The zero-order valence-corrected chi connectivity index (χ0v) is 24.1. The van der Waals surface area contributed by atoms with Gasteiger partial charge in [0.1, 0.15) is 0 Å². The monoisotopic (exact) mass is 566 g/mol. The maximum absolute atomic E-state index is 2.41. The SMILES string of the molecule is c1ccc(-n2c3ccccc3c3ccc(N(c4ccc5ccccc5c4)c4ccc5sc6ccccc6c5c4)cc32)cc1. The largest absolute Gasteiger partial charge is 0.310 e. The predicted molar refractivity (Wildman–Crippen MR) is 186 cm³/mol. The lowest BCUT2D eigenvalue weighted by Crippen LogP contribution is -2.10. The highest BCUT2D eigenvalue weighted by Crippen LogP contribution is 2.43. The number of fused-ring (bicyclic) bond motifs is 7. The molecule has 0 amide bonds. The van der Waals surface area contributed by atoms with Gasteiger partial charge >= 0.3 is 0 Å². The number of hydrogen-bond donors (Lipinski definition) is 0. The minimum atomic E-state index is 1.13. The predicted octanol–water partition coefficient (Wildman–Crippen LogP) is 11.8. The average Bonchev–Trinajstić information content (AvgIpc) is 3.60. The van der Waals surface area contributed by atoms with Crippen LogP contribution in [0.2, 0.25) is 0 Å². The van der Waals surface area contributed by atoms with Gasteiger partial charge in [-0.25, -0.2) is 0 Å². The molecule has 0 bridgehead atoms. The Morgan fingerprint density at radius 1 is 0.395 bits per heavy atom. The first-order valence-electron chi connectivity index (χ1n) is 14.6. The van der Waals surface area contributed by atoms with Gasteiger partial charge in [0.05, 0.1) is 11.0 Å². The molecule has 0 aliphatic rings. The Balaban J connectivity index is 1.33. The van der Waals surface area contributed by atoms with Crippen LogP contribution in [0.25, 0.3) is 58.4 Å². The molecular formula is C40H26N2S. The number of para-hydroxylation sites is 2. The molecule has 0 spiro atoms. The normalized spacial score (nSPS) is 11.7. The third-order valence-corrected chi connectivity index (χ3v) is 9.69. The molecule has 9 rings (SSSR count). The van der Waals surface area contributed by atoms with E-state index in [0.717, 1.165) is 22.7 Å². The van der Waals surface area contributed by atoms with Crippen molar-refractivity contribution in [2.75, 3.05) is 4.90 Å². The summed E-state index contributed by atoms with van der Waals surface area (Å²) in [4.78, 5) is 2.41. The van der Waals surface area contributed by atoms with Crippen molar-refractivity contribution in [1.29, 1.82) is 0 Å². The van der Waals surface area contributed by atoms with E-state index in [4.69, 9.17) is 0 Å². The number of anilines is 3. The molecule has 9 aromatic rings. The molecule has 0 aliphatic heterocycles. The number of benzene rings is 7. The summed E-state index contributed by atoms with van der Waals surface area (Å²) in [5.74, 6) is 0. The van der Waals surface area contributed by atoms with Gasteiger partial charge in [0.25, 0.3) is 0 Å². The van der Waals surface area contributed by atoms with Crippen LogP contribution < -0.4 is 4.90 Å². The summed E-state index contributed by atoms with van der Waals surface area (Å²) in [5.41, 5.74) is 6.98. The van der Waals surface area contributed by atoms with Crippen LogP contribution in [-0.2, 0) is 0 Å². The number of aromatic nitrogens is 1. The van der Waals surface area contributed by atoms with Crippen LogP contribution in [0, 0.1) is 0 Å². The van der Waals surface area contributed by atoms with Crippen LogP contribution in [0.1, 0.15) is 0 Å². The van der Waals surface area contributed by atoms with Crippen molar-refractivity contribution in [3.05, 3.63) is 158 Å². The second-order valence-electron chi connectivity index (χ2n) is 11.0. The van der Waals surface area contributed by atoms with Crippen molar-refractivity contribution in [1.82, 2.24) is 4.57 Å². The van der Waals surface area contributed by atoms with Crippen molar-refractivity contribution in [2.45, 2.75) is 0 Å². The molecule has 0 N–H and O–H groups in total. The van der Waals surface area contributed by atoms with Gasteiger partial charge in [-0.15, -0.1) is 11.3 Å². The van der Waals surface area contributed by atoms with Gasteiger partial charge in [0, 0.05) is 53.7 Å². The highest BCUT2D eigenvalue weighted by molar-refractivity contribution is 7.25. The first-order chi connectivity index (χ1) is 21.3. The van der Waals surface area contributed by atoms with E-state index in [1.807, 2.05) is 11.3 Å². The molecule has 3 heteroatoms. The highest BCUT2D eigenvalue weighted by Gasteiger charge is 2.18. The molecule has 2 nitrogen and oxygen atoms in total. The second kappa shape index (κ2) is 9.59. The topological polar surface area (TPSA) is 8.17 Å². The summed E-state index contributed by atoms with van der Waals surface area (Å²) >= 11 is 1.86. The third kappa shape index (κ3) is 3.86. The Kier molecular flexibility index (Phi) is 5.40. The van der Waals surface area contributed by atoms with E-state index in [0.29, 0.717) is 0 Å². The quantitative estimate of drug-likeness (QED) is 0.206. The van der Waals surface area contributed by atoms with Crippen LogP contribution in [0.4, 0.5) is 17.1 Å². The van der Waals surface area contributed by atoms with Crippen molar-refractivity contribution >= 4 is 81.1 Å². The summed E-state index contributed by atoms with van der Waals surface area (Å²) in [6.07, 6.45) is 0. The Bertz CT molecular complexity index is 2470. The lowest BCUT2D eigenvalue weighted by Gasteiger charge is -2.26. The van der Waals surface area contributed by atoms with Gasteiger partial charge < -0.3 is 9.47 Å². The highest BCUT2D eigenvalue weighted by atomic mass is 32.1. The molecule has 43 heavy (non-hydrogen) atoms. The van der Waals surface area contributed by atoms with E-state index in [-0.39, 0.29) is 0 Å². The van der Waals surface area contributed by atoms with Crippen molar-refractivity contribution < 1.29 is 0 Å². The van der Waals surface area contributed by atoms with Gasteiger partial charge in [-0.1, -0.05) is 91.0 Å². The first kappa shape index (κ1) is 24.2. The summed E-state index contributed by atoms with van der Waals surface area (Å²) in [6, 6.07) is 57.3. The Labute approximate surface area is 253 Å².